The molecule has 5 nitrogen and oxygen atoms in total. The van der Waals surface area contributed by atoms with Crippen LogP contribution in [0.2, 0.25) is 0 Å². The average Bonchev–Trinajstić information content (AvgIpc) is 3.04. The Morgan fingerprint density at radius 3 is 2.86 bits per heavy atom. The molecule has 21 heavy (non-hydrogen) atoms. The summed E-state index contributed by atoms with van der Waals surface area (Å²) >= 11 is 0. The van der Waals surface area contributed by atoms with Crippen molar-refractivity contribution in [2.75, 3.05) is 26.4 Å². The van der Waals surface area contributed by atoms with Crippen molar-refractivity contribution in [2.24, 2.45) is 0 Å². The predicted molar refractivity (Wildman–Crippen MR) is 80.6 cm³/mol. The average molecular weight is 311 g/mol. The highest BCUT2D eigenvalue weighted by atomic mass is 31.2. The van der Waals surface area contributed by atoms with Gasteiger partial charge < -0.3 is 18.5 Å². The monoisotopic (exact) mass is 311 g/mol. The molecule has 0 radical (unpaired) electrons. The first-order valence-corrected chi connectivity index (χ1v) is 8.42. The summed E-state index contributed by atoms with van der Waals surface area (Å²) in [6, 6.07) is 10.4. The number of hydrogen-bond acceptors (Lipinski definition) is 5. The van der Waals surface area contributed by atoms with Crippen LogP contribution in [0.5, 0.6) is 0 Å². The maximum absolute atomic E-state index is 5.93. The first-order valence-electron chi connectivity index (χ1n) is 7.29. The second kappa shape index (κ2) is 6.69. The zero-order valence-electron chi connectivity index (χ0n) is 12.5. The first kappa shape index (κ1) is 15.3. The van der Waals surface area contributed by atoms with Gasteiger partial charge >= 0.3 is 0 Å². The van der Waals surface area contributed by atoms with Crippen molar-refractivity contribution in [1.29, 1.82) is 0 Å². The molecule has 0 aromatic heterocycles. The van der Waals surface area contributed by atoms with Gasteiger partial charge in [-0.1, -0.05) is 30.3 Å². The van der Waals surface area contributed by atoms with Crippen LogP contribution in [-0.4, -0.2) is 42.9 Å². The Morgan fingerprint density at radius 1 is 1.33 bits per heavy atom. The molecular formula is C15H22NO4P. The topological polar surface area (TPSA) is 40.2 Å². The van der Waals surface area contributed by atoms with Crippen LogP contribution in [0.25, 0.3) is 0 Å². The van der Waals surface area contributed by atoms with Gasteiger partial charge in [0, 0.05) is 13.1 Å². The summed E-state index contributed by atoms with van der Waals surface area (Å²) in [5, 5.41) is 0. The van der Waals surface area contributed by atoms with Crippen molar-refractivity contribution in [2.45, 2.75) is 32.3 Å². The van der Waals surface area contributed by atoms with Gasteiger partial charge in [0.25, 0.3) is 8.53 Å². The Labute approximate surface area is 127 Å². The van der Waals surface area contributed by atoms with E-state index in [1.54, 1.807) is 0 Å². The first-order chi connectivity index (χ1) is 10.1. The summed E-state index contributed by atoms with van der Waals surface area (Å²) in [4.78, 5) is 0. The molecule has 1 aromatic carbocycles. The smallest absolute Gasteiger partial charge is 0.259 e. The number of benzene rings is 1. The zero-order chi connectivity index (χ0) is 14.7. The second-order valence-corrected chi connectivity index (χ2v) is 7.25. The van der Waals surface area contributed by atoms with E-state index in [9.17, 15) is 0 Å². The Bertz CT molecular complexity index is 456. The summed E-state index contributed by atoms with van der Waals surface area (Å²) < 4.78 is 25.2. The summed E-state index contributed by atoms with van der Waals surface area (Å²) in [6.45, 7) is 7.44. The van der Waals surface area contributed by atoms with E-state index in [4.69, 9.17) is 18.5 Å². The Kier molecular flexibility index (Phi) is 4.89. The standard InChI is InChI=1S/C15H22NO4P/c1-15(2)17-11-14(20-15)12-19-21-16(8-9-18-21)10-13-6-4-3-5-7-13/h3-7,14H,8-12H2,1-2H3. The zero-order valence-corrected chi connectivity index (χ0v) is 13.4. The van der Waals surface area contributed by atoms with Crippen LogP contribution >= 0.6 is 8.53 Å². The second-order valence-electron chi connectivity index (χ2n) is 5.69. The van der Waals surface area contributed by atoms with E-state index < -0.39 is 14.3 Å². The molecule has 2 unspecified atom stereocenters. The highest BCUT2D eigenvalue weighted by Gasteiger charge is 2.35. The summed E-state index contributed by atoms with van der Waals surface area (Å²) in [5.74, 6) is -0.498. The fraction of sp³-hybridized carbons (Fsp3) is 0.600. The largest absolute Gasteiger partial charge is 0.348 e. The molecule has 0 saturated carbocycles. The number of rotatable bonds is 5. The molecule has 0 N–H and O–H groups in total. The van der Waals surface area contributed by atoms with Crippen LogP contribution < -0.4 is 0 Å². The van der Waals surface area contributed by atoms with Crippen LogP contribution in [0.3, 0.4) is 0 Å². The van der Waals surface area contributed by atoms with Crippen molar-refractivity contribution in [1.82, 2.24) is 4.67 Å². The highest BCUT2D eigenvalue weighted by Crippen LogP contribution is 2.47. The van der Waals surface area contributed by atoms with Crippen LogP contribution in [0.15, 0.2) is 30.3 Å². The Hall–Kier alpha value is -0.550. The van der Waals surface area contributed by atoms with Gasteiger partial charge in [0.15, 0.2) is 5.79 Å². The van der Waals surface area contributed by atoms with Crippen molar-refractivity contribution in [3.8, 4) is 0 Å². The number of hydrogen-bond donors (Lipinski definition) is 0. The maximum Gasteiger partial charge on any atom is 0.259 e. The molecule has 0 bridgehead atoms. The molecule has 2 aliphatic heterocycles. The van der Waals surface area contributed by atoms with Gasteiger partial charge in [-0.25, -0.2) is 4.67 Å². The normalized spacial score (nSPS) is 29.0. The molecule has 3 rings (SSSR count). The minimum absolute atomic E-state index is 0.00900. The molecule has 1 aromatic rings. The lowest BCUT2D eigenvalue weighted by molar-refractivity contribution is -0.141. The van der Waals surface area contributed by atoms with Gasteiger partial charge in [-0.05, 0) is 19.4 Å². The van der Waals surface area contributed by atoms with Gasteiger partial charge in [0.2, 0.25) is 0 Å². The maximum atomic E-state index is 5.93. The van der Waals surface area contributed by atoms with E-state index in [2.05, 4.69) is 28.9 Å². The van der Waals surface area contributed by atoms with E-state index in [0.29, 0.717) is 13.2 Å². The molecule has 2 aliphatic rings. The van der Waals surface area contributed by atoms with Crippen LogP contribution in [-0.2, 0) is 25.1 Å². The van der Waals surface area contributed by atoms with Gasteiger partial charge in [0.05, 0.1) is 19.8 Å². The van der Waals surface area contributed by atoms with Crippen molar-refractivity contribution in [3.63, 3.8) is 0 Å². The minimum Gasteiger partial charge on any atom is -0.348 e. The predicted octanol–water partition coefficient (Wildman–Crippen LogP) is 2.91. The van der Waals surface area contributed by atoms with Crippen molar-refractivity contribution in [3.05, 3.63) is 35.9 Å². The molecule has 0 amide bonds. The molecule has 0 aliphatic carbocycles. The molecule has 6 heteroatoms. The summed E-state index contributed by atoms with van der Waals surface area (Å²) in [7, 11) is -0.981. The van der Waals surface area contributed by atoms with Crippen LogP contribution in [0, 0.1) is 0 Å². The fourth-order valence-corrected chi connectivity index (χ4v) is 3.89. The molecule has 2 heterocycles. The lowest BCUT2D eigenvalue weighted by Crippen LogP contribution is -2.24. The van der Waals surface area contributed by atoms with Gasteiger partial charge in [-0.3, -0.25) is 0 Å². The molecule has 2 fully saturated rings. The van der Waals surface area contributed by atoms with E-state index in [-0.39, 0.29) is 6.10 Å². The summed E-state index contributed by atoms with van der Waals surface area (Å²) in [6.07, 6.45) is -0.00900. The molecular weight excluding hydrogens is 289 g/mol. The van der Waals surface area contributed by atoms with Crippen LogP contribution in [0.1, 0.15) is 19.4 Å². The van der Waals surface area contributed by atoms with Gasteiger partial charge in [0.1, 0.15) is 6.10 Å². The van der Waals surface area contributed by atoms with Crippen LogP contribution in [0.4, 0.5) is 0 Å². The van der Waals surface area contributed by atoms with Gasteiger partial charge in [-0.2, -0.15) is 0 Å². The molecule has 116 valence electrons. The third kappa shape index (κ3) is 4.22. The van der Waals surface area contributed by atoms with Gasteiger partial charge in [-0.15, -0.1) is 0 Å². The number of ether oxygens (including phenoxy) is 2. The SMILES string of the molecule is CC1(C)OCC(COP2OCCN2Cc2ccccc2)O1. The third-order valence-electron chi connectivity index (χ3n) is 3.43. The van der Waals surface area contributed by atoms with E-state index in [0.717, 1.165) is 19.7 Å². The lowest BCUT2D eigenvalue weighted by atomic mass is 10.2. The third-order valence-corrected chi connectivity index (χ3v) is 5.00. The summed E-state index contributed by atoms with van der Waals surface area (Å²) in [5.41, 5.74) is 1.28. The Morgan fingerprint density at radius 2 is 2.14 bits per heavy atom. The number of nitrogens with zero attached hydrogens (tertiary/aromatic N) is 1. The van der Waals surface area contributed by atoms with E-state index in [1.165, 1.54) is 5.56 Å². The van der Waals surface area contributed by atoms with Crippen molar-refractivity contribution < 1.29 is 18.5 Å². The Balaban J connectivity index is 1.48. The molecule has 0 spiro atoms. The minimum atomic E-state index is -0.981. The molecule has 2 atom stereocenters. The quantitative estimate of drug-likeness (QED) is 0.782. The highest BCUT2D eigenvalue weighted by molar-refractivity contribution is 7.44. The van der Waals surface area contributed by atoms with E-state index in [1.807, 2.05) is 19.9 Å². The van der Waals surface area contributed by atoms with E-state index >= 15 is 0 Å². The van der Waals surface area contributed by atoms with Crippen molar-refractivity contribution >= 4 is 8.53 Å². The lowest BCUT2D eigenvalue weighted by Gasteiger charge is -2.22. The molecule has 2 saturated heterocycles. The fourth-order valence-electron chi connectivity index (χ4n) is 2.43.